The third kappa shape index (κ3) is 7.08. The molecule has 1 aliphatic heterocycles. The van der Waals surface area contributed by atoms with Crippen LogP contribution < -0.4 is 16.0 Å². The van der Waals surface area contributed by atoms with Crippen LogP contribution in [0.3, 0.4) is 0 Å². The SMILES string of the molecule is CC(C)N(CC(N)=O)CC(=O)Nc1ccc(N2CCN(Cc3ccccc3)CC2)cc1. The third-order valence-corrected chi connectivity index (χ3v) is 5.57. The van der Waals surface area contributed by atoms with E-state index in [4.69, 9.17) is 5.73 Å². The van der Waals surface area contributed by atoms with E-state index in [1.54, 1.807) is 4.90 Å². The van der Waals surface area contributed by atoms with Gasteiger partial charge in [-0.25, -0.2) is 0 Å². The first kappa shape index (κ1) is 22.8. The highest BCUT2D eigenvalue weighted by molar-refractivity contribution is 5.92. The number of carbonyl (C=O) groups is 2. The second-order valence-electron chi connectivity index (χ2n) is 8.31. The fraction of sp³-hybridized carbons (Fsp3) is 0.417. The molecule has 0 bridgehead atoms. The van der Waals surface area contributed by atoms with Gasteiger partial charge in [0.05, 0.1) is 13.1 Å². The Morgan fingerprint density at radius 2 is 1.61 bits per heavy atom. The van der Waals surface area contributed by atoms with Crippen molar-refractivity contribution in [3.05, 3.63) is 60.2 Å². The van der Waals surface area contributed by atoms with Crippen molar-refractivity contribution in [2.24, 2.45) is 5.73 Å². The molecule has 166 valence electrons. The molecule has 0 unspecified atom stereocenters. The molecule has 2 aromatic rings. The van der Waals surface area contributed by atoms with Gasteiger partial charge in [-0.05, 0) is 43.7 Å². The Morgan fingerprint density at radius 1 is 0.968 bits per heavy atom. The Kier molecular flexibility index (Phi) is 8.03. The van der Waals surface area contributed by atoms with Crippen molar-refractivity contribution in [3.63, 3.8) is 0 Å². The third-order valence-electron chi connectivity index (χ3n) is 5.57. The van der Waals surface area contributed by atoms with E-state index in [0.717, 1.165) is 44.1 Å². The van der Waals surface area contributed by atoms with Crippen molar-refractivity contribution >= 4 is 23.2 Å². The quantitative estimate of drug-likeness (QED) is 0.646. The van der Waals surface area contributed by atoms with Crippen molar-refractivity contribution in [1.82, 2.24) is 9.80 Å². The summed E-state index contributed by atoms with van der Waals surface area (Å²) in [5.74, 6) is -0.591. The zero-order valence-corrected chi connectivity index (χ0v) is 18.5. The van der Waals surface area contributed by atoms with E-state index >= 15 is 0 Å². The molecule has 7 nitrogen and oxygen atoms in total. The zero-order chi connectivity index (χ0) is 22.2. The summed E-state index contributed by atoms with van der Waals surface area (Å²) in [6.07, 6.45) is 0. The van der Waals surface area contributed by atoms with E-state index in [9.17, 15) is 9.59 Å². The molecule has 3 rings (SSSR count). The fourth-order valence-electron chi connectivity index (χ4n) is 3.77. The molecule has 0 spiro atoms. The molecule has 1 heterocycles. The largest absolute Gasteiger partial charge is 0.369 e. The number of rotatable bonds is 9. The lowest BCUT2D eigenvalue weighted by molar-refractivity contribution is -0.121. The van der Waals surface area contributed by atoms with Gasteiger partial charge < -0.3 is 16.0 Å². The van der Waals surface area contributed by atoms with Crippen LogP contribution in [0.1, 0.15) is 19.4 Å². The molecule has 0 radical (unpaired) electrons. The number of nitrogens with two attached hydrogens (primary N) is 1. The molecule has 0 aliphatic carbocycles. The van der Waals surface area contributed by atoms with Crippen LogP contribution in [-0.2, 0) is 16.1 Å². The number of hydrogen-bond acceptors (Lipinski definition) is 5. The Bertz CT molecular complexity index is 846. The molecule has 3 N–H and O–H groups in total. The van der Waals surface area contributed by atoms with Gasteiger partial charge in [0.1, 0.15) is 0 Å². The van der Waals surface area contributed by atoms with E-state index in [1.165, 1.54) is 5.56 Å². The first-order chi connectivity index (χ1) is 14.9. The molecule has 1 saturated heterocycles. The highest BCUT2D eigenvalue weighted by Gasteiger charge is 2.18. The van der Waals surface area contributed by atoms with Crippen LogP contribution in [0.2, 0.25) is 0 Å². The molecular weight excluding hydrogens is 390 g/mol. The van der Waals surface area contributed by atoms with Crippen molar-refractivity contribution in [3.8, 4) is 0 Å². The lowest BCUT2D eigenvalue weighted by Gasteiger charge is -2.36. The summed E-state index contributed by atoms with van der Waals surface area (Å²) in [5.41, 5.74) is 8.54. The molecule has 1 aliphatic rings. The number of carbonyl (C=O) groups excluding carboxylic acids is 2. The maximum absolute atomic E-state index is 12.4. The topological polar surface area (TPSA) is 81.9 Å². The van der Waals surface area contributed by atoms with E-state index in [2.05, 4.69) is 45.4 Å². The normalized spacial score (nSPS) is 14.8. The van der Waals surface area contributed by atoms with Gasteiger partial charge in [0.2, 0.25) is 11.8 Å². The second kappa shape index (κ2) is 10.9. The Balaban J connectivity index is 1.48. The lowest BCUT2D eigenvalue weighted by atomic mass is 10.2. The lowest BCUT2D eigenvalue weighted by Crippen LogP contribution is -2.45. The number of piperazine rings is 1. The summed E-state index contributed by atoms with van der Waals surface area (Å²) in [5, 5.41) is 2.91. The van der Waals surface area contributed by atoms with Gasteiger partial charge in [-0.15, -0.1) is 0 Å². The molecule has 31 heavy (non-hydrogen) atoms. The van der Waals surface area contributed by atoms with E-state index in [1.807, 2.05) is 38.1 Å². The van der Waals surface area contributed by atoms with Crippen LogP contribution in [0.25, 0.3) is 0 Å². The number of nitrogens with zero attached hydrogens (tertiary/aromatic N) is 3. The molecule has 2 amide bonds. The van der Waals surface area contributed by atoms with Crippen molar-refractivity contribution in [2.75, 3.05) is 49.5 Å². The summed E-state index contributed by atoms with van der Waals surface area (Å²) < 4.78 is 0. The van der Waals surface area contributed by atoms with Crippen LogP contribution in [0.4, 0.5) is 11.4 Å². The maximum Gasteiger partial charge on any atom is 0.238 e. The number of primary amides is 1. The molecule has 7 heteroatoms. The predicted octanol–water partition coefficient (Wildman–Crippen LogP) is 2.14. The molecule has 2 aromatic carbocycles. The average molecular weight is 424 g/mol. The van der Waals surface area contributed by atoms with Crippen LogP contribution >= 0.6 is 0 Å². The van der Waals surface area contributed by atoms with Crippen molar-refractivity contribution < 1.29 is 9.59 Å². The Hall–Kier alpha value is -2.90. The number of anilines is 2. The minimum absolute atomic E-state index is 0.0567. The zero-order valence-electron chi connectivity index (χ0n) is 18.5. The minimum atomic E-state index is -0.435. The summed E-state index contributed by atoms with van der Waals surface area (Å²) in [6.45, 7) is 9.07. The van der Waals surface area contributed by atoms with Gasteiger partial charge in [0, 0.05) is 50.1 Å². The molecular formula is C24H33N5O2. The predicted molar refractivity (Wildman–Crippen MR) is 125 cm³/mol. The van der Waals surface area contributed by atoms with Crippen LogP contribution in [-0.4, -0.2) is 66.9 Å². The smallest absolute Gasteiger partial charge is 0.238 e. The maximum atomic E-state index is 12.4. The van der Waals surface area contributed by atoms with Crippen molar-refractivity contribution in [1.29, 1.82) is 0 Å². The second-order valence-corrected chi connectivity index (χ2v) is 8.31. The van der Waals surface area contributed by atoms with Gasteiger partial charge >= 0.3 is 0 Å². The van der Waals surface area contributed by atoms with Gasteiger partial charge in [-0.3, -0.25) is 19.4 Å². The van der Waals surface area contributed by atoms with Crippen molar-refractivity contribution in [2.45, 2.75) is 26.4 Å². The Morgan fingerprint density at radius 3 is 2.19 bits per heavy atom. The first-order valence-corrected chi connectivity index (χ1v) is 10.8. The average Bonchev–Trinajstić information content (AvgIpc) is 2.75. The minimum Gasteiger partial charge on any atom is -0.369 e. The fourth-order valence-corrected chi connectivity index (χ4v) is 3.77. The molecule has 1 fully saturated rings. The van der Waals surface area contributed by atoms with E-state index in [0.29, 0.717) is 0 Å². The molecule has 0 aromatic heterocycles. The number of amides is 2. The van der Waals surface area contributed by atoms with Gasteiger partial charge in [-0.2, -0.15) is 0 Å². The van der Waals surface area contributed by atoms with Crippen LogP contribution in [0.5, 0.6) is 0 Å². The van der Waals surface area contributed by atoms with Gasteiger partial charge in [0.15, 0.2) is 0 Å². The summed E-state index contributed by atoms with van der Waals surface area (Å²) >= 11 is 0. The van der Waals surface area contributed by atoms with E-state index < -0.39 is 5.91 Å². The monoisotopic (exact) mass is 423 g/mol. The standard InChI is InChI=1S/C24H33N5O2/c1-19(2)29(17-23(25)30)18-24(31)26-21-8-10-22(11-9-21)28-14-12-27(13-15-28)16-20-6-4-3-5-7-20/h3-11,19H,12-18H2,1-2H3,(H2,25,30)(H,26,31). The summed E-state index contributed by atoms with van der Waals surface area (Å²) in [4.78, 5) is 30.2. The number of nitrogens with one attached hydrogen (secondary N) is 1. The van der Waals surface area contributed by atoms with Gasteiger partial charge in [0.25, 0.3) is 0 Å². The molecule has 0 saturated carbocycles. The highest BCUT2D eigenvalue weighted by atomic mass is 16.2. The number of benzene rings is 2. The van der Waals surface area contributed by atoms with Crippen LogP contribution in [0, 0.1) is 0 Å². The van der Waals surface area contributed by atoms with Gasteiger partial charge in [-0.1, -0.05) is 30.3 Å². The molecule has 0 atom stereocenters. The summed E-state index contributed by atoms with van der Waals surface area (Å²) in [6, 6.07) is 18.6. The first-order valence-electron chi connectivity index (χ1n) is 10.8. The number of hydrogen-bond donors (Lipinski definition) is 2. The van der Waals surface area contributed by atoms with Crippen LogP contribution in [0.15, 0.2) is 54.6 Å². The highest BCUT2D eigenvalue weighted by Crippen LogP contribution is 2.20. The van der Waals surface area contributed by atoms with E-state index in [-0.39, 0.29) is 25.0 Å². The Labute approximate surface area is 184 Å². The summed E-state index contributed by atoms with van der Waals surface area (Å²) in [7, 11) is 0.